The fraction of sp³-hybridized carbons (Fsp3) is 0.364. The number of para-hydroxylation sites is 2. The number of ether oxygens (including phenoxy) is 1. The van der Waals surface area contributed by atoms with E-state index in [1.165, 1.54) is 0 Å². The Morgan fingerprint density at radius 1 is 1.11 bits per heavy atom. The van der Waals surface area contributed by atoms with Crippen LogP contribution >= 0.6 is 0 Å². The molecule has 1 unspecified atom stereocenters. The van der Waals surface area contributed by atoms with Crippen LogP contribution in [0.15, 0.2) is 48.5 Å². The molecular weight excluding hydrogens is 362 g/mol. The number of hydrogen-bond donors (Lipinski definition) is 0. The number of aromatic nitrogens is 2. The van der Waals surface area contributed by atoms with Crippen LogP contribution in [-0.2, 0) is 11.2 Å². The third-order valence-corrected chi connectivity index (χ3v) is 4.39. The number of rotatable bonds is 5. The monoisotopic (exact) mass is 386 g/mol. The molecular formula is C22H24F2N2O2. The number of carbonyl (C=O) groups is 1. The summed E-state index contributed by atoms with van der Waals surface area (Å²) in [6.07, 6.45) is -0.0277. The SMILES string of the molecule is CC(OC(=O)c1ccc(CC(C)(C)C)cc1)c1nc2ccccc2n1C(F)F. The fourth-order valence-corrected chi connectivity index (χ4v) is 3.21. The molecule has 1 aromatic heterocycles. The summed E-state index contributed by atoms with van der Waals surface area (Å²) in [5.74, 6) is -0.545. The number of alkyl halides is 2. The van der Waals surface area contributed by atoms with E-state index in [1.807, 2.05) is 12.1 Å². The van der Waals surface area contributed by atoms with E-state index in [9.17, 15) is 13.6 Å². The third kappa shape index (κ3) is 4.38. The first-order chi connectivity index (χ1) is 13.2. The first-order valence-corrected chi connectivity index (χ1v) is 9.20. The molecule has 0 saturated carbocycles. The number of benzene rings is 2. The molecule has 0 bridgehead atoms. The summed E-state index contributed by atoms with van der Waals surface area (Å²) < 4.78 is 33.4. The van der Waals surface area contributed by atoms with Crippen molar-refractivity contribution >= 4 is 17.0 Å². The molecule has 148 valence electrons. The zero-order valence-corrected chi connectivity index (χ0v) is 16.4. The summed E-state index contributed by atoms with van der Waals surface area (Å²) in [4.78, 5) is 16.7. The van der Waals surface area contributed by atoms with Gasteiger partial charge >= 0.3 is 12.5 Å². The molecule has 6 heteroatoms. The van der Waals surface area contributed by atoms with Gasteiger partial charge in [0.05, 0.1) is 16.6 Å². The molecule has 0 amide bonds. The summed E-state index contributed by atoms with van der Waals surface area (Å²) >= 11 is 0. The maximum Gasteiger partial charge on any atom is 0.338 e. The van der Waals surface area contributed by atoms with Crippen molar-refractivity contribution in [3.8, 4) is 0 Å². The smallest absolute Gasteiger partial charge is 0.338 e. The van der Waals surface area contributed by atoms with Crippen molar-refractivity contribution in [2.45, 2.75) is 46.8 Å². The number of carbonyl (C=O) groups excluding carboxylic acids is 1. The molecule has 0 fully saturated rings. The van der Waals surface area contributed by atoms with Crippen molar-refractivity contribution in [3.63, 3.8) is 0 Å². The van der Waals surface area contributed by atoms with E-state index in [1.54, 1.807) is 43.3 Å². The second-order valence-electron chi connectivity index (χ2n) is 8.09. The number of hydrogen-bond acceptors (Lipinski definition) is 3. The van der Waals surface area contributed by atoms with Gasteiger partial charge in [-0.25, -0.2) is 9.78 Å². The molecule has 0 saturated heterocycles. The molecule has 0 aliphatic carbocycles. The largest absolute Gasteiger partial charge is 0.451 e. The van der Waals surface area contributed by atoms with Crippen LogP contribution in [0, 0.1) is 5.41 Å². The highest BCUT2D eigenvalue weighted by atomic mass is 19.3. The Kier molecular flexibility index (Phi) is 5.49. The lowest BCUT2D eigenvalue weighted by Crippen LogP contribution is -2.15. The van der Waals surface area contributed by atoms with Crippen molar-refractivity contribution in [2.75, 3.05) is 0 Å². The quantitative estimate of drug-likeness (QED) is 0.510. The van der Waals surface area contributed by atoms with Crippen LogP contribution in [0.4, 0.5) is 8.78 Å². The van der Waals surface area contributed by atoms with E-state index in [2.05, 4.69) is 25.8 Å². The maximum absolute atomic E-state index is 13.6. The first-order valence-electron chi connectivity index (χ1n) is 9.20. The minimum absolute atomic E-state index is 0.0221. The van der Waals surface area contributed by atoms with E-state index >= 15 is 0 Å². The van der Waals surface area contributed by atoms with Gasteiger partial charge in [-0.1, -0.05) is 45.0 Å². The highest BCUT2D eigenvalue weighted by molar-refractivity contribution is 5.89. The topological polar surface area (TPSA) is 44.1 Å². The predicted octanol–water partition coefficient (Wildman–Crippen LogP) is 5.94. The van der Waals surface area contributed by atoms with Gasteiger partial charge in [-0.3, -0.25) is 4.57 Å². The van der Waals surface area contributed by atoms with Crippen molar-refractivity contribution in [1.82, 2.24) is 9.55 Å². The van der Waals surface area contributed by atoms with Gasteiger partial charge in [-0.2, -0.15) is 8.78 Å². The van der Waals surface area contributed by atoms with Gasteiger partial charge in [0.1, 0.15) is 0 Å². The molecule has 0 aliphatic heterocycles. The van der Waals surface area contributed by atoms with Crippen LogP contribution in [0.25, 0.3) is 11.0 Å². The van der Waals surface area contributed by atoms with E-state index in [-0.39, 0.29) is 11.2 Å². The van der Waals surface area contributed by atoms with Gasteiger partial charge < -0.3 is 4.74 Å². The van der Waals surface area contributed by atoms with E-state index < -0.39 is 18.6 Å². The van der Waals surface area contributed by atoms with E-state index in [0.29, 0.717) is 16.6 Å². The Morgan fingerprint density at radius 3 is 2.36 bits per heavy atom. The standard InChI is InChI=1S/C22H24F2N2O2/c1-14(19-25-17-7-5-6-8-18(17)26(19)21(23)24)28-20(27)16-11-9-15(10-12-16)13-22(2,3)4/h5-12,14,21H,13H2,1-4H3. The maximum atomic E-state index is 13.6. The lowest BCUT2D eigenvalue weighted by Gasteiger charge is -2.18. The number of imidazole rings is 1. The number of fused-ring (bicyclic) bond motifs is 1. The van der Waals surface area contributed by atoms with E-state index in [4.69, 9.17) is 4.74 Å². The van der Waals surface area contributed by atoms with Crippen LogP contribution in [0.2, 0.25) is 0 Å². The Labute approximate surface area is 163 Å². The molecule has 4 nitrogen and oxygen atoms in total. The zero-order valence-electron chi connectivity index (χ0n) is 16.4. The second kappa shape index (κ2) is 7.70. The van der Waals surface area contributed by atoms with Crippen molar-refractivity contribution in [2.24, 2.45) is 5.41 Å². The normalized spacial score (nSPS) is 13.1. The summed E-state index contributed by atoms with van der Waals surface area (Å²) in [6, 6.07) is 13.8. The van der Waals surface area contributed by atoms with E-state index in [0.717, 1.165) is 16.6 Å². The van der Waals surface area contributed by atoms with Gasteiger partial charge in [-0.15, -0.1) is 0 Å². The average Bonchev–Trinajstić information content (AvgIpc) is 3.00. The molecule has 0 radical (unpaired) electrons. The molecule has 0 N–H and O–H groups in total. The summed E-state index contributed by atoms with van der Waals surface area (Å²) in [5.41, 5.74) is 2.39. The minimum Gasteiger partial charge on any atom is -0.451 e. The molecule has 28 heavy (non-hydrogen) atoms. The predicted molar refractivity (Wildman–Crippen MR) is 104 cm³/mol. The summed E-state index contributed by atoms with van der Waals surface area (Å²) in [6.45, 7) is 5.20. The molecule has 3 rings (SSSR count). The van der Waals surface area contributed by atoms with Crippen molar-refractivity contribution in [3.05, 3.63) is 65.5 Å². The Bertz CT molecular complexity index is 972. The molecule has 0 spiro atoms. The number of halogens is 2. The molecule has 1 heterocycles. The van der Waals surface area contributed by atoms with Gasteiger partial charge in [0, 0.05) is 0 Å². The summed E-state index contributed by atoms with van der Waals surface area (Å²) in [5, 5.41) is 0. The minimum atomic E-state index is -2.78. The number of esters is 1. The highest BCUT2D eigenvalue weighted by Crippen LogP contribution is 2.28. The summed E-state index contributed by atoms with van der Waals surface area (Å²) in [7, 11) is 0. The molecule has 1 atom stereocenters. The molecule has 0 aliphatic rings. The third-order valence-electron chi connectivity index (χ3n) is 4.39. The zero-order chi connectivity index (χ0) is 20.5. The van der Waals surface area contributed by atoms with Gasteiger partial charge in [0.15, 0.2) is 11.9 Å². The van der Waals surface area contributed by atoms with Gasteiger partial charge in [0.2, 0.25) is 0 Å². The fourth-order valence-electron chi connectivity index (χ4n) is 3.21. The Balaban J connectivity index is 1.79. The average molecular weight is 386 g/mol. The first kappa shape index (κ1) is 20.0. The van der Waals surface area contributed by atoms with Gasteiger partial charge in [-0.05, 0) is 48.6 Å². The van der Waals surface area contributed by atoms with Gasteiger partial charge in [0.25, 0.3) is 0 Å². The Morgan fingerprint density at radius 2 is 1.75 bits per heavy atom. The van der Waals surface area contributed by atoms with Crippen molar-refractivity contribution < 1.29 is 18.3 Å². The number of nitrogens with zero attached hydrogens (tertiary/aromatic N) is 2. The van der Waals surface area contributed by atoms with Crippen molar-refractivity contribution in [1.29, 1.82) is 0 Å². The second-order valence-corrected chi connectivity index (χ2v) is 8.09. The lowest BCUT2D eigenvalue weighted by molar-refractivity contribution is 0.0233. The van der Waals surface area contributed by atoms with Crippen LogP contribution < -0.4 is 0 Å². The highest BCUT2D eigenvalue weighted by Gasteiger charge is 2.24. The van der Waals surface area contributed by atoms with Crippen LogP contribution in [-0.4, -0.2) is 15.5 Å². The van der Waals surface area contributed by atoms with Crippen LogP contribution in [0.5, 0.6) is 0 Å². The Hall–Kier alpha value is -2.76. The molecule has 3 aromatic rings. The molecule has 2 aromatic carbocycles. The van der Waals surface area contributed by atoms with Crippen LogP contribution in [0.3, 0.4) is 0 Å². The lowest BCUT2D eigenvalue weighted by atomic mass is 9.88. The van der Waals surface area contributed by atoms with Crippen LogP contribution in [0.1, 0.15) is 62.1 Å².